The molecule has 1 amide bonds. The highest BCUT2D eigenvalue weighted by molar-refractivity contribution is 6.12. The van der Waals surface area contributed by atoms with Crippen LogP contribution in [0.4, 0.5) is 5.69 Å². The van der Waals surface area contributed by atoms with Gasteiger partial charge in [0.15, 0.2) is 5.78 Å². The van der Waals surface area contributed by atoms with Crippen LogP contribution in [0, 0.1) is 5.92 Å². The van der Waals surface area contributed by atoms with Gasteiger partial charge in [-0.2, -0.15) is 0 Å². The summed E-state index contributed by atoms with van der Waals surface area (Å²) >= 11 is 0. The van der Waals surface area contributed by atoms with Crippen molar-refractivity contribution >= 4 is 23.3 Å². The third kappa shape index (κ3) is 9.30. The highest BCUT2D eigenvalue weighted by Crippen LogP contribution is 2.29. The first-order valence-electron chi connectivity index (χ1n) is 16.2. The average Bonchev–Trinajstić information content (AvgIpc) is 3.62. The fourth-order valence-electron chi connectivity index (χ4n) is 6.05. The summed E-state index contributed by atoms with van der Waals surface area (Å²) in [6.45, 7) is 1.38. The Kier molecular flexibility index (Phi) is 11.6. The van der Waals surface area contributed by atoms with E-state index in [1.165, 1.54) is 25.7 Å². The van der Waals surface area contributed by atoms with Crippen LogP contribution >= 0.6 is 0 Å². The van der Waals surface area contributed by atoms with Crippen molar-refractivity contribution in [3.05, 3.63) is 131 Å². The first kappa shape index (κ1) is 32.5. The van der Waals surface area contributed by atoms with Gasteiger partial charge < -0.3 is 20.1 Å². The van der Waals surface area contributed by atoms with Gasteiger partial charge in [0, 0.05) is 36.2 Å². The summed E-state index contributed by atoms with van der Waals surface area (Å²) in [5.74, 6) is 0.291. The first-order valence-corrected chi connectivity index (χ1v) is 16.2. The normalized spacial score (nSPS) is 13.6. The lowest BCUT2D eigenvalue weighted by molar-refractivity contribution is -0.138. The predicted molar refractivity (Wildman–Crippen MR) is 180 cm³/mol. The minimum Gasteiger partial charge on any atom is -0.492 e. The number of rotatable bonds is 16. The van der Waals surface area contributed by atoms with Crippen molar-refractivity contribution in [1.29, 1.82) is 0 Å². The van der Waals surface area contributed by atoms with E-state index in [-0.39, 0.29) is 18.1 Å². The van der Waals surface area contributed by atoms with Gasteiger partial charge in [0.05, 0.1) is 6.54 Å². The molecule has 46 heavy (non-hydrogen) atoms. The third-order valence-corrected chi connectivity index (χ3v) is 8.64. The molecule has 1 aliphatic rings. The molecule has 0 unspecified atom stereocenters. The maximum Gasteiger partial charge on any atom is 0.326 e. The highest BCUT2D eigenvalue weighted by atomic mass is 16.5. The molecule has 1 saturated carbocycles. The number of para-hydroxylation sites is 1. The molecule has 0 saturated heterocycles. The Labute approximate surface area is 271 Å². The second-order valence-corrected chi connectivity index (χ2v) is 12.0. The number of carboxylic acids is 1. The van der Waals surface area contributed by atoms with Gasteiger partial charge in [-0.15, -0.1) is 0 Å². The summed E-state index contributed by atoms with van der Waals surface area (Å²) in [6.07, 6.45) is 6.74. The smallest absolute Gasteiger partial charge is 0.326 e. The monoisotopic (exact) mass is 618 g/mol. The quantitative estimate of drug-likeness (QED) is 0.127. The lowest BCUT2D eigenvalue weighted by Gasteiger charge is -2.24. The molecule has 4 aromatic carbocycles. The number of carboxylic acid groups (broad SMARTS) is 1. The summed E-state index contributed by atoms with van der Waals surface area (Å²) in [7, 11) is 0. The number of ketones is 1. The zero-order chi connectivity index (χ0) is 32.1. The number of nitrogens with zero attached hydrogens (tertiary/aromatic N) is 1. The Balaban J connectivity index is 1.17. The van der Waals surface area contributed by atoms with Crippen LogP contribution in [0.2, 0.25) is 0 Å². The number of hydrogen-bond acceptors (Lipinski definition) is 5. The molecule has 1 atom stereocenters. The lowest BCUT2D eigenvalue weighted by atomic mass is 10.00. The van der Waals surface area contributed by atoms with Crippen molar-refractivity contribution in [3.63, 3.8) is 0 Å². The summed E-state index contributed by atoms with van der Waals surface area (Å²) in [5.41, 5.74) is 3.33. The molecule has 4 aromatic rings. The van der Waals surface area contributed by atoms with Crippen molar-refractivity contribution in [3.8, 4) is 5.75 Å². The van der Waals surface area contributed by atoms with Gasteiger partial charge in [-0.25, -0.2) is 4.79 Å². The molecule has 0 radical (unpaired) electrons. The van der Waals surface area contributed by atoms with Crippen LogP contribution < -0.4 is 10.1 Å². The predicted octanol–water partition coefficient (Wildman–Crippen LogP) is 7.40. The van der Waals surface area contributed by atoms with Crippen LogP contribution in [0.15, 0.2) is 109 Å². The molecule has 7 nitrogen and oxygen atoms in total. The number of aliphatic carboxylic acids is 1. The van der Waals surface area contributed by atoms with Crippen LogP contribution in [0.3, 0.4) is 0 Å². The molecule has 1 fully saturated rings. The fourth-order valence-corrected chi connectivity index (χ4v) is 6.05. The third-order valence-electron chi connectivity index (χ3n) is 8.64. The number of hydrogen-bond donors (Lipinski definition) is 2. The number of anilines is 1. The van der Waals surface area contributed by atoms with Gasteiger partial charge in [0.2, 0.25) is 5.91 Å². The molecule has 2 N–H and O–H groups in total. The summed E-state index contributed by atoms with van der Waals surface area (Å²) in [5, 5.41) is 13.1. The molecule has 1 aliphatic carbocycles. The number of ether oxygens (including phenoxy) is 1. The maximum atomic E-state index is 13.2. The van der Waals surface area contributed by atoms with Crippen molar-refractivity contribution in [2.45, 2.75) is 57.5 Å². The summed E-state index contributed by atoms with van der Waals surface area (Å²) in [6, 6.07) is 32.3. The van der Waals surface area contributed by atoms with Gasteiger partial charge >= 0.3 is 5.97 Å². The molecule has 5 rings (SSSR count). The van der Waals surface area contributed by atoms with E-state index in [1.54, 1.807) is 48.5 Å². The minimum absolute atomic E-state index is 0.161. The van der Waals surface area contributed by atoms with Gasteiger partial charge in [-0.05, 0) is 47.7 Å². The zero-order valence-corrected chi connectivity index (χ0v) is 26.1. The molecule has 0 aliphatic heterocycles. The Hall–Kier alpha value is -4.91. The van der Waals surface area contributed by atoms with Crippen molar-refractivity contribution in [2.24, 2.45) is 5.92 Å². The van der Waals surface area contributed by atoms with E-state index < -0.39 is 12.0 Å². The number of benzene rings is 4. The molecule has 0 spiro atoms. The molecule has 0 bridgehead atoms. The SMILES string of the molecule is O=C(c1ccccc1)c1ccccc1N[C@@H](Cc1ccc(OCCN(Cc2ccccc2)C(=O)CCC2CCCC2)cc1)C(=O)O. The van der Waals surface area contributed by atoms with Gasteiger partial charge in [-0.3, -0.25) is 9.59 Å². The van der Waals surface area contributed by atoms with Crippen LogP contribution in [0.5, 0.6) is 5.75 Å². The van der Waals surface area contributed by atoms with Gasteiger partial charge in [0.25, 0.3) is 0 Å². The van der Waals surface area contributed by atoms with E-state index in [2.05, 4.69) is 5.32 Å². The number of nitrogens with one attached hydrogen (secondary N) is 1. The van der Waals surface area contributed by atoms with Gasteiger partial charge in [0.1, 0.15) is 18.4 Å². The number of carbonyl (C=O) groups is 3. The second-order valence-electron chi connectivity index (χ2n) is 12.0. The van der Waals surface area contributed by atoms with Gasteiger partial charge in [-0.1, -0.05) is 111 Å². The van der Waals surface area contributed by atoms with Crippen LogP contribution in [-0.2, 0) is 22.6 Å². The molecular formula is C39H42N2O5. The summed E-state index contributed by atoms with van der Waals surface area (Å²) in [4.78, 5) is 40.5. The van der Waals surface area contributed by atoms with Crippen molar-refractivity contribution in [2.75, 3.05) is 18.5 Å². The topological polar surface area (TPSA) is 95.9 Å². The molecule has 7 heteroatoms. The standard InChI is InChI=1S/C39H42N2O5/c42-37(24-21-29-11-7-8-12-29)41(28-31-13-3-1-4-14-31)25-26-46-33-22-19-30(20-23-33)27-36(39(44)45)40-35-18-10-9-17-34(35)38(43)32-15-5-2-6-16-32/h1-6,9-10,13-20,22-23,29,36,40H,7-8,11-12,21,24-28H2,(H,44,45)/t36-/m0/s1. The zero-order valence-electron chi connectivity index (χ0n) is 26.1. The summed E-state index contributed by atoms with van der Waals surface area (Å²) < 4.78 is 6.03. The van der Waals surface area contributed by atoms with E-state index in [4.69, 9.17) is 4.74 Å². The van der Waals surface area contributed by atoms with E-state index in [0.29, 0.717) is 54.6 Å². The molecule has 0 heterocycles. The highest BCUT2D eigenvalue weighted by Gasteiger charge is 2.22. The van der Waals surface area contributed by atoms with Crippen molar-refractivity contribution in [1.82, 2.24) is 4.90 Å². The Morgan fingerprint density at radius 1 is 0.804 bits per heavy atom. The van der Waals surface area contributed by atoms with Crippen LogP contribution in [-0.4, -0.2) is 46.9 Å². The Morgan fingerprint density at radius 2 is 1.46 bits per heavy atom. The van der Waals surface area contributed by atoms with Crippen molar-refractivity contribution < 1.29 is 24.2 Å². The molecular weight excluding hydrogens is 576 g/mol. The van der Waals surface area contributed by atoms with E-state index in [0.717, 1.165) is 17.5 Å². The first-order chi connectivity index (χ1) is 22.5. The van der Waals surface area contributed by atoms with E-state index >= 15 is 0 Å². The average molecular weight is 619 g/mol. The Bertz CT molecular complexity index is 1570. The van der Waals surface area contributed by atoms with Crippen LogP contribution in [0.1, 0.15) is 65.6 Å². The minimum atomic E-state index is -1.02. The second kappa shape index (κ2) is 16.4. The number of amides is 1. The van der Waals surface area contributed by atoms with E-state index in [9.17, 15) is 19.5 Å². The fraction of sp³-hybridized carbons (Fsp3) is 0.308. The Morgan fingerprint density at radius 3 is 2.15 bits per heavy atom. The largest absolute Gasteiger partial charge is 0.492 e. The van der Waals surface area contributed by atoms with Crippen LogP contribution in [0.25, 0.3) is 0 Å². The van der Waals surface area contributed by atoms with E-state index in [1.807, 2.05) is 65.6 Å². The number of carbonyl (C=O) groups excluding carboxylic acids is 2. The maximum absolute atomic E-state index is 13.2. The lowest BCUT2D eigenvalue weighted by Crippen LogP contribution is -2.34. The molecule has 238 valence electrons. The molecule has 0 aromatic heterocycles.